The van der Waals surface area contributed by atoms with Crippen molar-refractivity contribution in [2.24, 2.45) is 0 Å². The number of nitrogens with zero attached hydrogens (tertiary/aromatic N) is 3. The number of rotatable bonds is 6. The van der Waals surface area contributed by atoms with Crippen molar-refractivity contribution >= 4 is 0 Å². The average Bonchev–Trinajstić information content (AvgIpc) is 3.20. The van der Waals surface area contributed by atoms with E-state index in [0.29, 0.717) is 6.04 Å². The normalized spacial score (nSPS) is 27.9. The molecular formula is C15H26N4O. The molecule has 0 spiro atoms. The molecule has 5 heteroatoms. The van der Waals surface area contributed by atoms with E-state index in [-0.39, 0.29) is 6.10 Å². The van der Waals surface area contributed by atoms with Gasteiger partial charge in [-0.3, -0.25) is 4.90 Å². The maximum absolute atomic E-state index is 6.05. The third kappa shape index (κ3) is 2.75. The minimum atomic E-state index is 0.224. The highest BCUT2D eigenvalue weighted by Crippen LogP contribution is 2.38. The molecular weight excluding hydrogens is 252 g/mol. The molecule has 2 aliphatic rings. The number of hydrogen-bond donors (Lipinski definition) is 1. The van der Waals surface area contributed by atoms with Crippen LogP contribution in [0.2, 0.25) is 0 Å². The average molecular weight is 278 g/mol. The summed E-state index contributed by atoms with van der Waals surface area (Å²) in [5.74, 6) is 0. The summed E-state index contributed by atoms with van der Waals surface area (Å²) in [5, 5.41) is 3.28. The molecule has 1 aromatic rings. The van der Waals surface area contributed by atoms with E-state index in [2.05, 4.69) is 26.7 Å². The smallest absolute Gasteiger partial charge is 0.0948 e. The van der Waals surface area contributed by atoms with E-state index in [0.717, 1.165) is 38.7 Å². The van der Waals surface area contributed by atoms with Crippen LogP contribution in [0, 0.1) is 0 Å². The number of ether oxygens (including phenoxy) is 1. The summed E-state index contributed by atoms with van der Waals surface area (Å²) in [6.45, 7) is 6.04. The van der Waals surface area contributed by atoms with E-state index in [4.69, 9.17) is 4.74 Å². The maximum atomic E-state index is 6.05. The van der Waals surface area contributed by atoms with Gasteiger partial charge >= 0.3 is 0 Å². The number of aryl methyl sites for hydroxylation is 1. The molecule has 1 saturated carbocycles. The number of likely N-dealkylation sites (N-methyl/N-ethyl adjacent to an activating group) is 1. The summed E-state index contributed by atoms with van der Waals surface area (Å²) in [4.78, 5) is 7.03. The van der Waals surface area contributed by atoms with Crippen LogP contribution in [0.4, 0.5) is 0 Å². The molecule has 2 heterocycles. The molecule has 1 aliphatic heterocycles. The van der Waals surface area contributed by atoms with Gasteiger partial charge in [-0.2, -0.15) is 0 Å². The molecule has 0 aromatic carbocycles. The Morgan fingerprint density at radius 3 is 3.00 bits per heavy atom. The molecule has 0 amide bonds. The fourth-order valence-electron chi connectivity index (χ4n) is 3.31. The topological polar surface area (TPSA) is 42.3 Å². The van der Waals surface area contributed by atoms with Crippen LogP contribution in [0.15, 0.2) is 12.5 Å². The lowest BCUT2D eigenvalue weighted by Crippen LogP contribution is -2.50. The molecule has 2 fully saturated rings. The van der Waals surface area contributed by atoms with Gasteiger partial charge in [0.25, 0.3) is 0 Å². The fraction of sp³-hybridized carbons (Fsp3) is 0.800. The van der Waals surface area contributed by atoms with Crippen molar-refractivity contribution < 1.29 is 4.74 Å². The van der Waals surface area contributed by atoms with Gasteiger partial charge in [0.2, 0.25) is 0 Å². The highest BCUT2D eigenvalue weighted by Gasteiger charge is 2.42. The van der Waals surface area contributed by atoms with Crippen LogP contribution in [-0.2, 0) is 11.3 Å². The second kappa shape index (κ2) is 6.24. The lowest BCUT2D eigenvalue weighted by atomic mass is 10.0. The summed E-state index contributed by atoms with van der Waals surface area (Å²) in [6, 6.07) is 1.10. The Hall–Kier alpha value is -0.910. The van der Waals surface area contributed by atoms with Crippen molar-refractivity contribution in [3.05, 3.63) is 18.2 Å². The summed E-state index contributed by atoms with van der Waals surface area (Å²) in [7, 11) is 2.00. The first kappa shape index (κ1) is 14.0. The molecule has 5 nitrogen and oxygen atoms in total. The molecule has 20 heavy (non-hydrogen) atoms. The van der Waals surface area contributed by atoms with E-state index >= 15 is 0 Å². The molecule has 3 rings (SSSR count). The predicted molar refractivity (Wildman–Crippen MR) is 78.7 cm³/mol. The molecule has 0 radical (unpaired) electrons. The Bertz CT molecular complexity index is 427. The number of hydrogen-bond acceptors (Lipinski definition) is 4. The van der Waals surface area contributed by atoms with Crippen LogP contribution in [0.1, 0.15) is 37.9 Å². The van der Waals surface area contributed by atoms with Gasteiger partial charge in [0.1, 0.15) is 0 Å². The van der Waals surface area contributed by atoms with Crippen LogP contribution in [0.3, 0.4) is 0 Å². The summed E-state index contributed by atoms with van der Waals surface area (Å²) in [6.07, 6.45) is 8.04. The molecule has 1 saturated heterocycles. The van der Waals surface area contributed by atoms with Gasteiger partial charge in [0.15, 0.2) is 0 Å². The maximum Gasteiger partial charge on any atom is 0.0948 e. The number of imidazole rings is 1. The molecule has 1 aliphatic carbocycles. The minimum absolute atomic E-state index is 0.224. The van der Waals surface area contributed by atoms with Crippen molar-refractivity contribution in [2.45, 2.75) is 50.9 Å². The molecule has 1 aromatic heterocycles. The summed E-state index contributed by atoms with van der Waals surface area (Å²) < 4.78 is 8.35. The number of nitrogens with one attached hydrogen (secondary N) is 1. The first-order valence-electron chi connectivity index (χ1n) is 7.87. The zero-order valence-electron chi connectivity index (χ0n) is 12.6. The minimum Gasteiger partial charge on any atom is -0.374 e. The number of aromatic nitrogens is 2. The Morgan fingerprint density at radius 2 is 2.30 bits per heavy atom. The third-order valence-corrected chi connectivity index (χ3v) is 4.32. The first-order valence-corrected chi connectivity index (χ1v) is 7.87. The van der Waals surface area contributed by atoms with Gasteiger partial charge in [0, 0.05) is 31.9 Å². The van der Waals surface area contributed by atoms with Crippen LogP contribution in [0.25, 0.3) is 0 Å². The fourth-order valence-corrected chi connectivity index (χ4v) is 3.31. The Morgan fingerprint density at radius 1 is 1.45 bits per heavy atom. The third-order valence-electron chi connectivity index (χ3n) is 4.32. The highest BCUT2D eigenvalue weighted by molar-refractivity contribution is 5.12. The lowest BCUT2D eigenvalue weighted by Gasteiger charge is -2.41. The van der Waals surface area contributed by atoms with Gasteiger partial charge < -0.3 is 14.6 Å². The first-order chi connectivity index (χ1) is 9.85. The predicted octanol–water partition coefficient (Wildman–Crippen LogP) is 1.42. The highest BCUT2D eigenvalue weighted by atomic mass is 16.5. The quantitative estimate of drug-likeness (QED) is 0.854. The molecule has 1 N–H and O–H groups in total. The Balaban J connectivity index is 1.87. The van der Waals surface area contributed by atoms with Crippen molar-refractivity contribution in [3.8, 4) is 0 Å². The van der Waals surface area contributed by atoms with Gasteiger partial charge in [-0.25, -0.2) is 4.98 Å². The largest absolute Gasteiger partial charge is 0.374 e. The molecule has 0 bridgehead atoms. The van der Waals surface area contributed by atoms with Crippen LogP contribution in [0.5, 0.6) is 0 Å². The van der Waals surface area contributed by atoms with Crippen molar-refractivity contribution in [2.75, 3.05) is 26.7 Å². The van der Waals surface area contributed by atoms with Gasteiger partial charge in [-0.05, 0) is 26.3 Å². The van der Waals surface area contributed by atoms with E-state index in [1.165, 1.54) is 18.5 Å². The van der Waals surface area contributed by atoms with E-state index in [1.54, 1.807) is 0 Å². The Labute approximate surface area is 121 Å². The molecule has 2 unspecified atom stereocenters. The van der Waals surface area contributed by atoms with Crippen LogP contribution < -0.4 is 5.32 Å². The van der Waals surface area contributed by atoms with Crippen molar-refractivity contribution in [3.63, 3.8) is 0 Å². The summed E-state index contributed by atoms with van der Waals surface area (Å²) >= 11 is 0. The lowest BCUT2D eigenvalue weighted by molar-refractivity contribution is -0.0763. The molecule has 2 atom stereocenters. The summed E-state index contributed by atoms with van der Waals surface area (Å²) in [5.41, 5.74) is 1.32. The zero-order chi connectivity index (χ0) is 13.9. The SMILES string of the molecule is CCCn1cncc1C1C(CNC)OCCN1C1CC1. The van der Waals surface area contributed by atoms with Gasteiger partial charge in [0.05, 0.1) is 30.8 Å². The van der Waals surface area contributed by atoms with Crippen LogP contribution in [-0.4, -0.2) is 53.3 Å². The second-order valence-electron chi connectivity index (χ2n) is 5.89. The number of morpholine rings is 1. The van der Waals surface area contributed by atoms with E-state index < -0.39 is 0 Å². The Kier molecular flexibility index (Phi) is 4.38. The van der Waals surface area contributed by atoms with E-state index in [9.17, 15) is 0 Å². The monoisotopic (exact) mass is 278 g/mol. The van der Waals surface area contributed by atoms with Gasteiger partial charge in [-0.15, -0.1) is 0 Å². The van der Waals surface area contributed by atoms with Crippen LogP contribution >= 0.6 is 0 Å². The van der Waals surface area contributed by atoms with Crippen molar-refractivity contribution in [1.29, 1.82) is 0 Å². The van der Waals surface area contributed by atoms with E-state index in [1.807, 2.05) is 19.6 Å². The zero-order valence-corrected chi connectivity index (χ0v) is 12.6. The second-order valence-corrected chi connectivity index (χ2v) is 5.89. The van der Waals surface area contributed by atoms with Gasteiger partial charge in [-0.1, -0.05) is 6.92 Å². The molecule has 112 valence electrons. The standard InChI is InChI=1S/C15H26N4O/c1-3-6-18-11-17-9-13(18)15-14(10-16-2)20-8-7-19(15)12-4-5-12/h9,11-12,14-16H,3-8,10H2,1-2H3. The van der Waals surface area contributed by atoms with Crippen molar-refractivity contribution in [1.82, 2.24) is 19.8 Å².